The van der Waals surface area contributed by atoms with Crippen molar-refractivity contribution in [3.8, 4) is 11.5 Å². The maximum absolute atomic E-state index is 12.4. The summed E-state index contributed by atoms with van der Waals surface area (Å²) in [7, 11) is 5.37. The summed E-state index contributed by atoms with van der Waals surface area (Å²) in [6.45, 7) is 9.43. The molecule has 1 saturated heterocycles. The summed E-state index contributed by atoms with van der Waals surface area (Å²) >= 11 is 0. The Morgan fingerprint density at radius 1 is 1.12 bits per heavy atom. The molecule has 1 atom stereocenters. The molecule has 1 aromatic carbocycles. The second kappa shape index (κ2) is 9.78. The van der Waals surface area contributed by atoms with Gasteiger partial charge in [0.2, 0.25) is 5.91 Å². The molecule has 146 valence electrons. The Balaban J connectivity index is 1.90. The molecule has 1 aromatic rings. The molecule has 0 bridgehead atoms. The second-order valence-electron chi connectivity index (χ2n) is 7.32. The number of likely N-dealkylation sites (N-methyl/N-ethyl adjacent to an activating group) is 1. The summed E-state index contributed by atoms with van der Waals surface area (Å²) in [6, 6.07) is 5.97. The zero-order valence-electron chi connectivity index (χ0n) is 16.7. The molecule has 0 saturated carbocycles. The maximum atomic E-state index is 12.4. The van der Waals surface area contributed by atoms with Crippen LogP contribution < -0.4 is 14.8 Å². The van der Waals surface area contributed by atoms with Crippen molar-refractivity contribution in [2.24, 2.45) is 5.92 Å². The van der Waals surface area contributed by atoms with Crippen molar-refractivity contribution in [1.29, 1.82) is 0 Å². The van der Waals surface area contributed by atoms with Crippen LogP contribution >= 0.6 is 0 Å². The van der Waals surface area contributed by atoms with Gasteiger partial charge >= 0.3 is 0 Å². The molecule has 1 aliphatic rings. The van der Waals surface area contributed by atoms with E-state index in [0.29, 0.717) is 36.4 Å². The van der Waals surface area contributed by atoms with Crippen LogP contribution in [0.2, 0.25) is 0 Å². The number of methoxy groups -OCH3 is 2. The summed E-state index contributed by atoms with van der Waals surface area (Å²) in [6.07, 6.45) is 0.341. The molecule has 1 unspecified atom stereocenters. The van der Waals surface area contributed by atoms with Crippen molar-refractivity contribution in [2.75, 3.05) is 54.0 Å². The van der Waals surface area contributed by atoms with E-state index in [1.165, 1.54) is 0 Å². The van der Waals surface area contributed by atoms with Crippen LogP contribution in [0.3, 0.4) is 0 Å². The minimum absolute atomic E-state index is 0.0389. The predicted octanol–water partition coefficient (Wildman–Crippen LogP) is 1.63. The molecule has 0 aliphatic carbocycles. The van der Waals surface area contributed by atoms with E-state index >= 15 is 0 Å². The quantitative estimate of drug-likeness (QED) is 0.761. The van der Waals surface area contributed by atoms with E-state index in [2.05, 4.69) is 36.0 Å². The van der Waals surface area contributed by atoms with Crippen LogP contribution in [0.15, 0.2) is 18.2 Å². The predicted molar refractivity (Wildman–Crippen MR) is 104 cm³/mol. The summed E-state index contributed by atoms with van der Waals surface area (Å²) in [5, 5.41) is 3.12. The SMILES string of the molecule is COc1ccc(CC(=O)NCC(C(C)C)N2CCN(C)CC2)cc1OC. The van der Waals surface area contributed by atoms with Crippen LogP contribution in [0.4, 0.5) is 0 Å². The van der Waals surface area contributed by atoms with Crippen molar-refractivity contribution in [3.05, 3.63) is 23.8 Å². The molecule has 6 heteroatoms. The lowest BCUT2D eigenvalue weighted by atomic mass is 10.0. The van der Waals surface area contributed by atoms with Gasteiger partial charge in [-0.15, -0.1) is 0 Å². The number of hydrogen-bond donors (Lipinski definition) is 1. The van der Waals surface area contributed by atoms with E-state index in [0.717, 1.165) is 31.7 Å². The van der Waals surface area contributed by atoms with Crippen molar-refractivity contribution >= 4 is 5.91 Å². The number of amides is 1. The van der Waals surface area contributed by atoms with E-state index in [1.54, 1.807) is 14.2 Å². The molecule has 1 N–H and O–H groups in total. The summed E-state index contributed by atoms with van der Waals surface area (Å²) in [5.74, 6) is 1.86. The number of ether oxygens (including phenoxy) is 2. The van der Waals surface area contributed by atoms with Gasteiger partial charge in [0.25, 0.3) is 0 Å². The van der Waals surface area contributed by atoms with Gasteiger partial charge in [0, 0.05) is 38.8 Å². The standard InChI is InChI=1S/C20H33N3O3/c1-15(2)17(23-10-8-22(3)9-11-23)14-21-20(24)13-16-6-7-18(25-4)19(12-16)26-5/h6-7,12,15,17H,8-11,13-14H2,1-5H3,(H,21,24). The highest BCUT2D eigenvalue weighted by molar-refractivity contribution is 5.78. The zero-order valence-corrected chi connectivity index (χ0v) is 16.7. The van der Waals surface area contributed by atoms with Gasteiger partial charge in [-0.3, -0.25) is 9.69 Å². The van der Waals surface area contributed by atoms with E-state index in [-0.39, 0.29) is 5.91 Å². The van der Waals surface area contributed by atoms with Gasteiger partial charge in [0.1, 0.15) is 0 Å². The monoisotopic (exact) mass is 363 g/mol. The number of nitrogens with zero attached hydrogens (tertiary/aromatic N) is 2. The third-order valence-electron chi connectivity index (χ3n) is 5.10. The first kappa shape index (κ1) is 20.5. The Hall–Kier alpha value is -1.79. The second-order valence-corrected chi connectivity index (χ2v) is 7.32. The molecular weight excluding hydrogens is 330 g/mol. The fourth-order valence-electron chi connectivity index (χ4n) is 3.40. The number of rotatable bonds is 8. The summed E-state index contributed by atoms with van der Waals surface area (Å²) in [5.41, 5.74) is 0.917. The third-order valence-corrected chi connectivity index (χ3v) is 5.10. The lowest BCUT2D eigenvalue weighted by Gasteiger charge is -2.39. The first-order valence-electron chi connectivity index (χ1n) is 9.34. The highest BCUT2D eigenvalue weighted by atomic mass is 16.5. The van der Waals surface area contributed by atoms with Gasteiger partial charge in [0.15, 0.2) is 11.5 Å². The molecule has 26 heavy (non-hydrogen) atoms. The molecule has 1 fully saturated rings. The topological polar surface area (TPSA) is 54.0 Å². The summed E-state index contributed by atoms with van der Waals surface area (Å²) < 4.78 is 10.6. The highest BCUT2D eigenvalue weighted by Crippen LogP contribution is 2.27. The number of carbonyl (C=O) groups excluding carboxylic acids is 1. The summed E-state index contributed by atoms with van der Waals surface area (Å²) in [4.78, 5) is 17.3. The Morgan fingerprint density at radius 2 is 1.77 bits per heavy atom. The van der Waals surface area contributed by atoms with Gasteiger partial charge in [-0.25, -0.2) is 0 Å². The Kier molecular flexibility index (Phi) is 7.72. The number of hydrogen-bond acceptors (Lipinski definition) is 5. The van der Waals surface area contributed by atoms with Crippen LogP contribution in [0.25, 0.3) is 0 Å². The lowest BCUT2D eigenvalue weighted by Crippen LogP contribution is -2.54. The van der Waals surface area contributed by atoms with Crippen LogP contribution in [0, 0.1) is 5.92 Å². The van der Waals surface area contributed by atoms with E-state index < -0.39 is 0 Å². The van der Waals surface area contributed by atoms with Gasteiger partial charge in [-0.05, 0) is 30.7 Å². The number of piperazine rings is 1. The number of benzene rings is 1. The van der Waals surface area contributed by atoms with Crippen LogP contribution in [0.1, 0.15) is 19.4 Å². The fraction of sp³-hybridized carbons (Fsp3) is 0.650. The van der Waals surface area contributed by atoms with E-state index in [9.17, 15) is 4.79 Å². The van der Waals surface area contributed by atoms with Crippen molar-refractivity contribution in [1.82, 2.24) is 15.1 Å². The van der Waals surface area contributed by atoms with Crippen LogP contribution in [-0.2, 0) is 11.2 Å². The first-order chi connectivity index (χ1) is 12.4. The molecule has 1 aliphatic heterocycles. The molecule has 1 heterocycles. The Bertz CT molecular complexity index is 584. The van der Waals surface area contributed by atoms with E-state index in [4.69, 9.17) is 9.47 Å². The van der Waals surface area contributed by atoms with Gasteiger partial charge in [-0.2, -0.15) is 0 Å². The maximum Gasteiger partial charge on any atom is 0.224 e. The minimum atomic E-state index is 0.0389. The van der Waals surface area contributed by atoms with Gasteiger partial charge in [0.05, 0.1) is 20.6 Å². The molecule has 2 rings (SSSR count). The fourth-order valence-corrected chi connectivity index (χ4v) is 3.40. The highest BCUT2D eigenvalue weighted by Gasteiger charge is 2.25. The molecule has 0 radical (unpaired) electrons. The smallest absolute Gasteiger partial charge is 0.224 e. The van der Waals surface area contributed by atoms with Crippen LogP contribution in [0.5, 0.6) is 11.5 Å². The van der Waals surface area contributed by atoms with Gasteiger partial charge < -0.3 is 19.7 Å². The van der Waals surface area contributed by atoms with Crippen molar-refractivity contribution in [3.63, 3.8) is 0 Å². The average molecular weight is 364 g/mol. The minimum Gasteiger partial charge on any atom is -0.493 e. The largest absolute Gasteiger partial charge is 0.493 e. The van der Waals surface area contributed by atoms with Crippen molar-refractivity contribution in [2.45, 2.75) is 26.3 Å². The molecular formula is C20H33N3O3. The molecule has 0 spiro atoms. The Labute approximate surface area is 157 Å². The lowest BCUT2D eigenvalue weighted by molar-refractivity contribution is -0.120. The van der Waals surface area contributed by atoms with Gasteiger partial charge in [-0.1, -0.05) is 19.9 Å². The third kappa shape index (κ3) is 5.61. The Morgan fingerprint density at radius 3 is 2.35 bits per heavy atom. The van der Waals surface area contributed by atoms with E-state index in [1.807, 2.05) is 18.2 Å². The number of carbonyl (C=O) groups is 1. The van der Waals surface area contributed by atoms with Crippen molar-refractivity contribution < 1.29 is 14.3 Å². The zero-order chi connectivity index (χ0) is 19.1. The molecule has 6 nitrogen and oxygen atoms in total. The normalized spacial score (nSPS) is 17.2. The first-order valence-corrected chi connectivity index (χ1v) is 9.34. The molecule has 0 aromatic heterocycles. The molecule has 1 amide bonds. The average Bonchev–Trinajstić information content (AvgIpc) is 2.63. The number of nitrogens with one attached hydrogen (secondary N) is 1. The van der Waals surface area contributed by atoms with Crippen LogP contribution in [-0.4, -0.2) is 75.7 Å².